The predicted octanol–water partition coefficient (Wildman–Crippen LogP) is 3.43. The number of carbonyl (C=O) groups excluding carboxylic acids is 1. The van der Waals surface area contributed by atoms with Gasteiger partial charge in [-0.05, 0) is 49.5 Å². The Hall–Kier alpha value is -2.47. The number of aromatic nitrogens is 1. The van der Waals surface area contributed by atoms with Crippen molar-refractivity contribution in [2.24, 2.45) is 5.92 Å². The summed E-state index contributed by atoms with van der Waals surface area (Å²) >= 11 is 1.62. The van der Waals surface area contributed by atoms with Gasteiger partial charge in [-0.15, -0.1) is 11.3 Å². The van der Waals surface area contributed by atoms with E-state index in [1.807, 2.05) is 13.1 Å². The number of thiazole rings is 1. The fourth-order valence-corrected chi connectivity index (χ4v) is 3.36. The van der Waals surface area contributed by atoms with E-state index in [1.165, 1.54) is 18.2 Å². The molecule has 1 aliphatic carbocycles. The van der Waals surface area contributed by atoms with Gasteiger partial charge in [0.15, 0.2) is 0 Å². The number of carboxylic acids is 1. The predicted molar refractivity (Wildman–Crippen MR) is 92.9 cm³/mol. The molecule has 1 saturated carbocycles. The molecular weight excluding hydrogens is 324 g/mol. The number of hydrogen-bond donors (Lipinski definition) is 2. The van der Waals surface area contributed by atoms with Gasteiger partial charge in [0.2, 0.25) is 5.91 Å². The quantitative estimate of drug-likeness (QED) is 0.788. The molecule has 0 bridgehead atoms. The van der Waals surface area contributed by atoms with Crippen molar-refractivity contribution in [3.63, 3.8) is 0 Å². The van der Waals surface area contributed by atoms with Gasteiger partial charge < -0.3 is 10.4 Å². The Balaban J connectivity index is 1.64. The third kappa shape index (κ3) is 4.08. The van der Waals surface area contributed by atoms with Gasteiger partial charge in [-0.3, -0.25) is 4.79 Å². The molecule has 0 unspecified atom stereocenters. The van der Waals surface area contributed by atoms with E-state index < -0.39 is 5.97 Å². The minimum Gasteiger partial charge on any atom is -0.478 e. The van der Waals surface area contributed by atoms with Gasteiger partial charge in [0.25, 0.3) is 0 Å². The van der Waals surface area contributed by atoms with Crippen LogP contribution >= 0.6 is 11.3 Å². The number of benzene rings is 1. The van der Waals surface area contributed by atoms with Crippen molar-refractivity contribution in [1.82, 2.24) is 10.3 Å². The SMILES string of the molecule is Cc1cnc([C@@H](NC(=O)/C=C/c2ccc(C(=O)O)cc2)C2CC2)s1. The van der Waals surface area contributed by atoms with Crippen LogP contribution in [-0.4, -0.2) is 22.0 Å². The van der Waals surface area contributed by atoms with E-state index in [4.69, 9.17) is 5.11 Å². The lowest BCUT2D eigenvalue weighted by Crippen LogP contribution is -2.28. The summed E-state index contributed by atoms with van der Waals surface area (Å²) in [6, 6.07) is 6.37. The van der Waals surface area contributed by atoms with Gasteiger partial charge >= 0.3 is 5.97 Å². The highest BCUT2D eigenvalue weighted by Crippen LogP contribution is 2.42. The number of carbonyl (C=O) groups is 2. The maximum atomic E-state index is 12.2. The Labute approximate surface area is 144 Å². The first kappa shape index (κ1) is 16.4. The molecule has 1 amide bonds. The first-order valence-electron chi connectivity index (χ1n) is 7.77. The van der Waals surface area contributed by atoms with Crippen molar-refractivity contribution in [3.05, 3.63) is 57.6 Å². The molecule has 2 N–H and O–H groups in total. The van der Waals surface area contributed by atoms with E-state index in [0.717, 1.165) is 28.3 Å². The topological polar surface area (TPSA) is 79.3 Å². The third-order valence-corrected chi connectivity index (χ3v) is 4.88. The lowest BCUT2D eigenvalue weighted by Gasteiger charge is -2.14. The van der Waals surface area contributed by atoms with Crippen LogP contribution in [0.2, 0.25) is 0 Å². The van der Waals surface area contributed by atoms with Gasteiger partial charge in [0.1, 0.15) is 5.01 Å². The second-order valence-electron chi connectivity index (χ2n) is 5.89. The normalized spacial score (nSPS) is 15.4. The standard InChI is InChI=1S/C18H18N2O3S/c1-11-10-19-17(24-11)16(13-7-8-13)20-15(21)9-4-12-2-5-14(6-3-12)18(22)23/h2-6,9-10,13,16H,7-8H2,1H3,(H,20,21)(H,22,23)/b9-4+/t16-/m0/s1. The number of hydrogen-bond acceptors (Lipinski definition) is 4. The van der Waals surface area contributed by atoms with E-state index >= 15 is 0 Å². The van der Waals surface area contributed by atoms with E-state index in [-0.39, 0.29) is 17.5 Å². The van der Waals surface area contributed by atoms with Crippen molar-refractivity contribution in [1.29, 1.82) is 0 Å². The van der Waals surface area contributed by atoms with Crippen molar-refractivity contribution >= 4 is 29.3 Å². The minimum atomic E-state index is -0.964. The molecule has 1 aliphatic rings. The summed E-state index contributed by atoms with van der Waals surface area (Å²) in [5.74, 6) is -0.654. The molecule has 0 spiro atoms. The zero-order chi connectivity index (χ0) is 17.1. The molecule has 1 atom stereocenters. The first-order valence-corrected chi connectivity index (χ1v) is 8.59. The Morgan fingerprint density at radius 3 is 2.58 bits per heavy atom. The Kier molecular flexibility index (Phi) is 4.76. The van der Waals surface area contributed by atoms with Crippen LogP contribution in [-0.2, 0) is 4.79 Å². The van der Waals surface area contributed by atoms with Gasteiger partial charge in [0, 0.05) is 17.2 Å². The zero-order valence-electron chi connectivity index (χ0n) is 13.2. The van der Waals surface area contributed by atoms with E-state index in [0.29, 0.717) is 5.92 Å². The summed E-state index contributed by atoms with van der Waals surface area (Å²) in [6.07, 6.45) is 7.22. The van der Waals surface area contributed by atoms with E-state index in [9.17, 15) is 9.59 Å². The third-order valence-electron chi connectivity index (χ3n) is 3.88. The molecule has 2 aromatic rings. The van der Waals surface area contributed by atoms with Crippen molar-refractivity contribution in [2.45, 2.75) is 25.8 Å². The average molecular weight is 342 g/mol. The summed E-state index contributed by atoms with van der Waals surface area (Å²) in [5, 5.41) is 12.9. The summed E-state index contributed by atoms with van der Waals surface area (Å²) < 4.78 is 0. The molecular formula is C18H18N2O3S. The van der Waals surface area contributed by atoms with Crippen LogP contribution in [0, 0.1) is 12.8 Å². The first-order chi connectivity index (χ1) is 11.5. The highest BCUT2D eigenvalue weighted by Gasteiger charge is 2.34. The molecule has 24 heavy (non-hydrogen) atoms. The number of amides is 1. The number of nitrogens with one attached hydrogen (secondary N) is 1. The van der Waals surface area contributed by atoms with Gasteiger partial charge in [-0.2, -0.15) is 0 Å². The lowest BCUT2D eigenvalue weighted by atomic mass is 10.1. The summed E-state index contributed by atoms with van der Waals surface area (Å²) in [4.78, 5) is 28.6. The Bertz CT molecular complexity index is 776. The Morgan fingerprint density at radius 1 is 1.33 bits per heavy atom. The number of aryl methyl sites for hydroxylation is 1. The van der Waals surface area contributed by atoms with Gasteiger partial charge in [-0.1, -0.05) is 12.1 Å². The van der Waals surface area contributed by atoms with Crippen LogP contribution in [0.25, 0.3) is 6.08 Å². The molecule has 3 rings (SSSR count). The monoisotopic (exact) mass is 342 g/mol. The zero-order valence-corrected chi connectivity index (χ0v) is 14.0. The fraction of sp³-hybridized carbons (Fsp3) is 0.278. The molecule has 1 fully saturated rings. The fourth-order valence-electron chi connectivity index (χ4n) is 2.44. The smallest absolute Gasteiger partial charge is 0.335 e. The van der Waals surface area contributed by atoms with Crippen molar-refractivity contribution < 1.29 is 14.7 Å². The summed E-state index contributed by atoms with van der Waals surface area (Å²) in [6.45, 7) is 2.01. The minimum absolute atomic E-state index is 0.0183. The number of aromatic carboxylic acids is 1. The molecule has 0 saturated heterocycles. The second kappa shape index (κ2) is 6.97. The van der Waals surface area contributed by atoms with Crippen LogP contribution in [0.4, 0.5) is 0 Å². The molecule has 5 nitrogen and oxygen atoms in total. The lowest BCUT2D eigenvalue weighted by molar-refractivity contribution is -0.117. The van der Waals surface area contributed by atoms with E-state index in [2.05, 4.69) is 10.3 Å². The largest absolute Gasteiger partial charge is 0.478 e. The molecule has 0 aliphatic heterocycles. The molecule has 124 valence electrons. The molecule has 0 radical (unpaired) electrons. The highest BCUT2D eigenvalue weighted by molar-refractivity contribution is 7.11. The second-order valence-corrected chi connectivity index (χ2v) is 7.16. The highest BCUT2D eigenvalue weighted by atomic mass is 32.1. The molecule has 1 aromatic heterocycles. The maximum Gasteiger partial charge on any atom is 0.335 e. The van der Waals surface area contributed by atoms with Crippen LogP contribution in [0.15, 0.2) is 36.5 Å². The average Bonchev–Trinajstić information content (AvgIpc) is 3.32. The number of carboxylic acid groups (broad SMARTS) is 1. The van der Waals surface area contributed by atoms with Crippen LogP contribution < -0.4 is 5.32 Å². The van der Waals surface area contributed by atoms with Crippen LogP contribution in [0.1, 0.15) is 44.7 Å². The van der Waals surface area contributed by atoms with Gasteiger partial charge in [0.05, 0.1) is 11.6 Å². The van der Waals surface area contributed by atoms with Gasteiger partial charge in [-0.25, -0.2) is 9.78 Å². The summed E-state index contributed by atoms with van der Waals surface area (Å²) in [7, 11) is 0. The van der Waals surface area contributed by atoms with Crippen LogP contribution in [0.3, 0.4) is 0 Å². The summed E-state index contributed by atoms with van der Waals surface area (Å²) in [5.41, 5.74) is 1.01. The number of nitrogens with zero attached hydrogens (tertiary/aromatic N) is 1. The molecule has 1 heterocycles. The van der Waals surface area contributed by atoms with Crippen molar-refractivity contribution in [2.75, 3.05) is 0 Å². The maximum absolute atomic E-state index is 12.2. The van der Waals surface area contributed by atoms with Crippen molar-refractivity contribution in [3.8, 4) is 0 Å². The number of rotatable bonds is 6. The molecule has 1 aromatic carbocycles. The van der Waals surface area contributed by atoms with Crippen LogP contribution in [0.5, 0.6) is 0 Å². The van der Waals surface area contributed by atoms with E-state index in [1.54, 1.807) is 29.5 Å². The Morgan fingerprint density at radius 2 is 2.04 bits per heavy atom. The molecule has 6 heteroatoms.